The van der Waals surface area contributed by atoms with Crippen molar-refractivity contribution in [3.63, 3.8) is 0 Å². The number of hydrogen-bond donors (Lipinski definition) is 2. The number of rotatable bonds is 6. The molecule has 3 rings (SSSR count). The van der Waals surface area contributed by atoms with Gasteiger partial charge in [0, 0.05) is 34.1 Å². The lowest BCUT2D eigenvalue weighted by molar-refractivity contribution is 0.235. The van der Waals surface area contributed by atoms with Crippen LogP contribution in [-0.4, -0.2) is 52.5 Å². The lowest BCUT2D eigenvalue weighted by Gasteiger charge is -2.16. The zero-order chi connectivity index (χ0) is 20.1. The molecule has 158 valence electrons. The zero-order valence-corrected chi connectivity index (χ0v) is 19.9. The van der Waals surface area contributed by atoms with E-state index in [0.717, 1.165) is 17.7 Å². The zero-order valence-electron chi connectivity index (χ0n) is 16.8. The second-order valence-electron chi connectivity index (χ2n) is 6.79. The predicted octanol–water partition coefficient (Wildman–Crippen LogP) is 2.22. The number of nitrogens with one attached hydrogen (secondary N) is 2. The van der Waals surface area contributed by atoms with Crippen LogP contribution in [-0.2, 0) is 23.0 Å². The summed E-state index contributed by atoms with van der Waals surface area (Å²) in [6.07, 6.45) is 0.952. The minimum absolute atomic E-state index is 0. The van der Waals surface area contributed by atoms with Gasteiger partial charge in [-0.3, -0.25) is 4.99 Å². The van der Waals surface area contributed by atoms with E-state index in [4.69, 9.17) is 4.74 Å². The van der Waals surface area contributed by atoms with Gasteiger partial charge in [-0.05, 0) is 29.3 Å². The highest BCUT2D eigenvalue weighted by atomic mass is 127. The molecule has 2 N–H and O–H groups in total. The molecule has 0 spiro atoms. The normalized spacial score (nSPS) is 16.0. The van der Waals surface area contributed by atoms with E-state index in [1.54, 1.807) is 31.3 Å². The van der Waals surface area contributed by atoms with E-state index in [-0.39, 0.29) is 35.0 Å². The van der Waals surface area contributed by atoms with E-state index < -0.39 is 10.0 Å². The molecule has 0 saturated carbocycles. The van der Waals surface area contributed by atoms with Crippen molar-refractivity contribution in [2.75, 3.05) is 27.7 Å². The van der Waals surface area contributed by atoms with Crippen molar-refractivity contribution >= 4 is 40.0 Å². The number of aliphatic imine (C=N–C) groups is 1. The van der Waals surface area contributed by atoms with Crippen LogP contribution in [0.2, 0.25) is 0 Å². The summed E-state index contributed by atoms with van der Waals surface area (Å²) >= 11 is 0. The number of nitrogens with zero attached hydrogens (tertiary/aromatic N) is 2. The van der Waals surface area contributed by atoms with E-state index in [2.05, 4.69) is 21.7 Å². The average Bonchev–Trinajstić information content (AvgIpc) is 3.11. The summed E-state index contributed by atoms with van der Waals surface area (Å²) < 4.78 is 31.4. The molecule has 2 aromatic carbocycles. The molecule has 1 atom stereocenters. The summed E-state index contributed by atoms with van der Waals surface area (Å²) in [6.45, 7) is 1.18. The van der Waals surface area contributed by atoms with Crippen molar-refractivity contribution in [2.24, 2.45) is 4.99 Å². The van der Waals surface area contributed by atoms with Crippen LogP contribution in [0.15, 0.2) is 58.4 Å². The highest BCUT2D eigenvalue weighted by Gasteiger charge is 2.22. The number of sulfonamides is 1. The molecule has 0 radical (unpaired) electrons. The van der Waals surface area contributed by atoms with E-state index >= 15 is 0 Å². The maximum absolute atomic E-state index is 12.1. The molecule has 29 heavy (non-hydrogen) atoms. The lowest BCUT2D eigenvalue weighted by Crippen LogP contribution is -2.41. The van der Waals surface area contributed by atoms with E-state index in [1.165, 1.54) is 24.0 Å². The first-order valence-electron chi connectivity index (χ1n) is 9.10. The molecule has 1 heterocycles. The average molecular weight is 530 g/mol. The number of para-hydroxylation sites is 1. The maximum atomic E-state index is 12.1. The Morgan fingerprint density at radius 3 is 2.45 bits per heavy atom. The Kier molecular flexibility index (Phi) is 8.29. The lowest BCUT2D eigenvalue weighted by atomic mass is 10.1. The van der Waals surface area contributed by atoms with Crippen LogP contribution >= 0.6 is 24.0 Å². The second-order valence-corrected chi connectivity index (χ2v) is 8.94. The van der Waals surface area contributed by atoms with Gasteiger partial charge in [0.25, 0.3) is 0 Å². The molecule has 1 unspecified atom stereocenters. The predicted molar refractivity (Wildman–Crippen MR) is 125 cm³/mol. The highest BCUT2D eigenvalue weighted by molar-refractivity contribution is 14.0. The van der Waals surface area contributed by atoms with E-state index in [0.29, 0.717) is 19.0 Å². The first kappa shape index (κ1) is 23.4. The second kappa shape index (κ2) is 10.3. The number of benzene rings is 2. The topological polar surface area (TPSA) is 83.0 Å². The van der Waals surface area contributed by atoms with Crippen LogP contribution in [0.4, 0.5) is 0 Å². The fraction of sp³-hybridized carbons (Fsp3) is 0.350. The fourth-order valence-corrected chi connectivity index (χ4v) is 3.88. The Labute approximate surface area is 189 Å². The van der Waals surface area contributed by atoms with Gasteiger partial charge in [0.2, 0.25) is 10.0 Å². The van der Waals surface area contributed by atoms with Gasteiger partial charge < -0.3 is 15.4 Å². The van der Waals surface area contributed by atoms with Gasteiger partial charge in [0.1, 0.15) is 11.9 Å². The molecule has 0 aliphatic carbocycles. The molecule has 0 fully saturated rings. The number of guanidine groups is 1. The van der Waals surface area contributed by atoms with E-state index in [9.17, 15) is 8.42 Å². The molecule has 7 nitrogen and oxygen atoms in total. The van der Waals surface area contributed by atoms with Crippen LogP contribution in [0.25, 0.3) is 0 Å². The van der Waals surface area contributed by atoms with Crippen molar-refractivity contribution in [1.29, 1.82) is 0 Å². The summed E-state index contributed by atoms with van der Waals surface area (Å²) in [6, 6.07) is 14.9. The van der Waals surface area contributed by atoms with Gasteiger partial charge >= 0.3 is 0 Å². The first-order valence-corrected chi connectivity index (χ1v) is 10.5. The summed E-state index contributed by atoms with van der Waals surface area (Å²) in [5.74, 6) is 1.62. The van der Waals surface area contributed by atoms with Crippen molar-refractivity contribution in [3.05, 3.63) is 59.7 Å². The first-order chi connectivity index (χ1) is 13.4. The van der Waals surface area contributed by atoms with Gasteiger partial charge in [0.15, 0.2) is 5.96 Å². The van der Waals surface area contributed by atoms with Crippen LogP contribution in [0, 0.1) is 0 Å². The molecule has 2 aromatic rings. The van der Waals surface area contributed by atoms with Crippen molar-refractivity contribution in [3.8, 4) is 5.75 Å². The third-order valence-electron chi connectivity index (χ3n) is 4.60. The Balaban J connectivity index is 0.00000300. The summed E-state index contributed by atoms with van der Waals surface area (Å²) in [5.41, 5.74) is 2.19. The van der Waals surface area contributed by atoms with Gasteiger partial charge in [-0.25, -0.2) is 12.7 Å². The Hall–Kier alpha value is -1.85. The van der Waals surface area contributed by atoms with Crippen LogP contribution in [0.3, 0.4) is 0 Å². The number of hydrogen-bond acceptors (Lipinski definition) is 4. The Morgan fingerprint density at radius 1 is 1.14 bits per heavy atom. The van der Waals surface area contributed by atoms with Gasteiger partial charge in [-0.15, -0.1) is 24.0 Å². The largest absolute Gasteiger partial charge is 0.488 e. The summed E-state index contributed by atoms with van der Waals surface area (Å²) in [7, 11) is 1.35. The number of ether oxygens (including phenoxy) is 1. The molecule has 1 aliphatic heterocycles. The molecule has 0 amide bonds. The molecular weight excluding hydrogens is 503 g/mol. The fourth-order valence-electron chi connectivity index (χ4n) is 2.97. The van der Waals surface area contributed by atoms with Crippen LogP contribution in [0.5, 0.6) is 5.75 Å². The number of fused-ring (bicyclic) bond motifs is 1. The maximum Gasteiger partial charge on any atom is 0.242 e. The standard InChI is InChI=1S/C20H26N4O3S.HI/c1-21-20(23-14-17-12-16-6-4-5-7-19(16)27-17)22-13-15-8-10-18(11-9-15)28(25,26)24(2)3;/h4-11,17H,12-14H2,1-3H3,(H2,21,22,23);1H. The van der Waals surface area contributed by atoms with Gasteiger partial charge in [-0.2, -0.15) is 0 Å². The minimum atomic E-state index is -3.41. The van der Waals surface area contributed by atoms with E-state index in [1.807, 2.05) is 18.2 Å². The summed E-state index contributed by atoms with van der Waals surface area (Å²) in [5, 5.41) is 6.51. The quantitative estimate of drug-likeness (QED) is 0.340. The molecule has 9 heteroatoms. The van der Waals surface area contributed by atoms with Crippen LogP contribution < -0.4 is 15.4 Å². The van der Waals surface area contributed by atoms with Crippen molar-refractivity contribution in [2.45, 2.75) is 24.0 Å². The highest BCUT2D eigenvalue weighted by Crippen LogP contribution is 2.27. The van der Waals surface area contributed by atoms with Gasteiger partial charge in [0.05, 0.1) is 11.4 Å². The molecule has 0 saturated heterocycles. The third kappa shape index (κ3) is 5.83. The van der Waals surface area contributed by atoms with Gasteiger partial charge in [-0.1, -0.05) is 30.3 Å². The summed E-state index contributed by atoms with van der Waals surface area (Å²) in [4.78, 5) is 4.51. The molecular formula is C20H27IN4O3S. The monoisotopic (exact) mass is 530 g/mol. The Morgan fingerprint density at radius 2 is 1.83 bits per heavy atom. The smallest absolute Gasteiger partial charge is 0.242 e. The Bertz CT molecular complexity index is 921. The minimum Gasteiger partial charge on any atom is -0.488 e. The SMILES string of the molecule is CN=C(NCc1ccc(S(=O)(=O)N(C)C)cc1)NCC1Cc2ccccc2O1.I. The van der Waals surface area contributed by atoms with Crippen LogP contribution in [0.1, 0.15) is 11.1 Å². The number of halogens is 1. The molecule has 1 aliphatic rings. The molecule has 0 bridgehead atoms. The van der Waals surface area contributed by atoms with Crippen molar-refractivity contribution in [1.82, 2.24) is 14.9 Å². The van der Waals surface area contributed by atoms with Crippen molar-refractivity contribution < 1.29 is 13.2 Å². The third-order valence-corrected chi connectivity index (χ3v) is 6.43. The molecule has 0 aromatic heterocycles.